The molecule has 1 aliphatic rings. The number of hydrogen-bond acceptors (Lipinski definition) is 4. The van der Waals surface area contributed by atoms with E-state index < -0.39 is 0 Å². The van der Waals surface area contributed by atoms with Crippen molar-refractivity contribution in [3.8, 4) is 0 Å². The molecule has 1 unspecified atom stereocenters. The van der Waals surface area contributed by atoms with Gasteiger partial charge in [-0.3, -0.25) is 0 Å². The van der Waals surface area contributed by atoms with E-state index in [9.17, 15) is 0 Å². The average Bonchev–Trinajstić information content (AvgIpc) is 2.90. The van der Waals surface area contributed by atoms with Gasteiger partial charge in [0.1, 0.15) is 6.04 Å². The normalized spacial score (nSPS) is 16.9. The van der Waals surface area contributed by atoms with Crippen LogP contribution in [0.4, 0.5) is 0 Å². The van der Waals surface area contributed by atoms with E-state index >= 15 is 0 Å². The first-order chi connectivity index (χ1) is 9.86. The molecule has 20 heavy (non-hydrogen) atoms. The van der Waals surface area contributed by atoms with Crippen molar-refractivity contribution in [3.63, 3.8) is 0 Å². The van der Waals surface area contributed by atoms with Gasteiger partial charge in [0.05, 0.1) is 0 Å². The Labute approximate surface area is 119 Å². The molecule has 0 aliphatic heterocycles. The van der Waals surface area contributed by atoms with Crippen molar-refractivity contribution in [3.05, 3.63) is 47.7 Å². The summed E-state index contributed by atoms with van der Waals surface area (Å²) in [5.74, 6) is 2.20. The Morgan fingerprint density at radius 2 is 2.05 bits per heavy atom. The van der Waals surface area contributed by atoms with Crippen molar-refractivity contribution in [2.75, 3.05) is 6.54 Å². The number of rotatable bonds is 6. The quantitative estimate of drug-likeness (QED) is 0.877. The lowest BCUT2D eigenvalue weighted by Gasteiger charge is -2.23. The maximum Gasteiger partial charge on any atom is 0.237 e. The fourth-order valence-corrected chi connectivity index (χ4v) is 2.61. The lowest BCUT2D eigenvalue weighted by molar-refractivity contribution is 0.284. The predicted molar refractivity (Wildman–Crippen MR) is 77.3 cm³/mol. The number of aromatic nitrogens is 2. The molecular formula is C16H21N3O. The molecule has 4 heteroatoms. The number of nitrogens with one attached hydrogen (secondary N) is 1. The molecule has 0 amide bonds. The van der Waals surface area contributed by atoms with E-state index in [1.165, 1.54) is 19.3 Å². The molecule has 1 fully saturated rings. The Bertz CT molecular complexity index is 534. The molecule has 0 saturated heterocycles. The van der Waals surface area contributed by atoms with Gasteiger partial charge in [0.15, 0.2) is 0 Å². The summed E-state index contributed by atoms with van der Waals surface area (Å²) in [5.41, 5.74) is 1.16. The smallest absolute Gasteiger partial charge is 0.237 e. The van der Waals surface area contributed by atoms with Crippen molar-refractivity contribution >= 4 is 0 Å². The predicted octanol–water partition coefficient (Wildman–Crippen LogP) is 3.11. The van der Waals surface area contributed by atoms with Gasteiger partial charge >= 0.3 is 0 Å². The van der Waals surface area contributed by atoms with Gasteiger partial charge in [0, 0.05) is 6.42 Å². The van der Waals surface area contributed by atoms with Crippen LogP contribution >= 0.6 is 0 Å². The van der Waals surface area contributed by atoms with Gasteiger partial charge in [-0.25, -0.2) is 0 Å². The first-order valence-corrected chi connectivity index (χ1v) is 7.47. The molecule has 2 aromatic rings. The van der Waals surface area contributed by atoms with E-state index in [2.05, 4.69) is 34.6 Å². The van der Waals surface area contributed by atoms with Gasteiger partial charge < -0.3 is 9.73 Å². The van der Waals surface area contributed by atoms with E-state index in [0.29, 0.717) is 5.89 Å². The van der Waals surface area contributed by atoms with Crippen LogP contribution in [0.3, 0.4) is 0 Å². The van der Waals surface area contributed by atoms with Crippen LogP contribution in [0.2, 0.25) is 0 Å². The van der Waals surface area contributed by atoms with E-state index in [1.54, 1.807) is 0 Å². The van der Waals surface area contributed by atoms with Crippen LogP contribution in [-0.4, -0.2) is 16.7 Å². The highest BCUT2D eigenvalue weighted by molar-refractivity contribution is 5.23. The van der Waals surface area contributed by atoms with Gasteiger partial charge in [0.25, 0.3) is 0 Å². The van der Waals surface area contributed by atoms with E-state index in [1.807, 2.05) is 18.2 Å². The first-order valence-electron chi connectivity index (χ1n) is 7.47. The highest BCUT2D eigenvalue weighted by Crippen LogP contribution is 2.30. The summed E-state index contributed by atoms with van der Waals surface area (Å²) in [4.78, 5) is 0. The second-order valence-electron chi connectivity index (χ2n) is 5.44. The Morgan fingerprint density at radius 1 is 1.25 bits per heavy atom. The number of hydrogen-bond donors (Lipinski definition) is 1. The highest BCUT2D eigenvalue weighted by Gasteiger charge is 2.23. The zero-order valence-corrected chi connectivity index (χ0v) is 11.9. The maximum atomic E-state index is 5.87. The summed E-state index contributed by atoms with van der Waals surface area (Å²) in [7, 11) is 0. The molecule has 4 nitrogen and oxygen atoms in total. The maximum absolute atomic E-state index is 5.87. The van der Waals surface area contributed by atoms with Crippen LogP contribution in [0.5, 0.6) is 0 Å². The van der Waals surface area contributed by atoms with Crippen molar-refractivity contribution in [2.24, 2.45) is 5.92 Å². The highest BCUT2D eigenvalue weighted by atomic mass is 16.4. The zero-order chi connectivity index (χ0) is 13.8. The van der Waals surface area contributed by atoms with Crippen LogP contribution in [0.1, 0.15) is 49.6 Å². The van der Waals surface area contributed by atoms with Crippen molar-refractivity contribution in [2.45, 2.75) is 38.6 Å². The summed E-state index contributed by atoms with van der Waals surface area (Å²) >= 11 is 0. The topological polar surface area (TPSA) is 51.0 Å². The SMILES string of the molecule is CCNC(c1ccccc1)c1nnc(CC2CCC2)o1. The van der Waals surface area contributed by atoms with Crippen molar-refractivity contribution < 1.29 is 4.42 Å². The van der Waals surface area contributed by atoms with Crippen molar-refractivity contribution in [1.29, 1.82) is 0 Å². The molecule has 3 rings (SSSR count). The molecule has 1 saturated carbocycles. The minimum atomic E-state index is -0.0103. The van der Waals surface area contributed by atoms with Gasteiger partial charge in [0.2, 0.25) is 11.8 Å². The largest absolute Gasteiger partial charge is 0.423 e. The van der Waals surface area contributed by atoms with E-state index in [4.69, 9.17) is 4.42 Å². The van der Waals surface area contributed by atoms with Crippen LogP contribution in [0.25, 0.3) is 0 Å². The molecule has 0 radical (unpaired) electrons. The molecule has 1 aromatic carbocycles. The molecule has 1 heterocycles. The van der Waals surface area contributed by atoms with Crippen LogP contribution in [0.15, 0.2) is 34.7 Å². The van der Waals surface area contributed by atoms with Crippen molar-refractivity contribution in [1.82, 2.24) is 15.5 Å². The molecule has 1 N–H and O–H groups in total. The molecule has 1 aromatic heterocycles. The third-order valence-corrected chi connectivity index (χ3v) is 3.96. The Hall–Kier alpha value is -1.68. The molecule has 1 aliphatic carbocycles. The molecule has 0 spiro atoms. The first kappa shape index (κ1) is 13.3. The molecule has 1 atom stereocenters. The van der Waals surface area contributed by atoms with Crippen LogP contribution in [-0.2, 0) is 6.42 Å². The number of benzene rings is 1. The lowest BCUT2D eigenvalue weighted by atomic mass is 9.83. The zero-order valence-electron chi connectivity index (χ0n) is 11.9. The standard InChI is InChI=1S/C16H21N3O/c1-2-17-15(13-9-4-3-5-10-13)16-19-18-14(20-16)11-12-7-6-8-12/h3-5,9-10,12,15,17H,2,6-8,11H2,1H3. The third kappa shape index (κ3) is 2.90. The van der Waals surface area contributed by atoms with Crippen LogP contribution in [0, 0.1) is 5.92 Å². The number of nitrogens with zero attached hydrogens (tertiary/aromatic N) is 2. The summed E-state index contributed by atoms with van der Waals surface area (Å²) < 4.78 is 5.87. The van der Waals surface area contributed by atoms with Gasteiger partial charge in [-0.05, 0) is 30.9 Å². The van der Waals surface area contributed by atoms with Gasteiger partial charge in [-0.2, -0.15) is 0 Å². The molecule has 106 valence electrons. The van der Waals surface area contributed by atoms with E-state index in [0.717, 1.165) is 30.3 Å². The minimum Gasteiger partial charge on any atom is -0.423 e. The van der Waals surface area contributed by atoms with Gasteiger partial charge in [-0.15, -0.1) is 10.2 Å². The molecule has 0 bridgehead atoms. The monoisotopic (exact) mass is 271 g/mol. The summed E-state index contributed by atoms with van der Waals surface area (Å²) in [5, 5.41) is 11.9. The lowest BCUT2D eigenvalue weighted by Crippen LogP contribution is -2.22. The fourth-order valence-electron chi connectivity index (χ4n) is 2.61. The minimum absolute atomic E-state index is 0.0103. The Balaban J connectivity index is 1.77. The second kappa shape index (κ2) is 6.18. The van der Waals surface area contributed by atoms with E-state index in [-0.39, 0.29) is 6.04 Å². The fraction of sp³-hybridized carbons (Fsp3) is 0.500. The summed E-state index contributed by atoms with van der Waals surface area (Å²) in [6.45, 7) is 2.95. The average molecular weight is 271 g/mol. The Morgan fingerprint density at radius 3 is 2.70 bits per heavy atom. The summed E-state index contributed by atoms with van der Waals surface area (Å²) in [6.07, 6.45) is 4.87. The van der Waals surface area contributed by atoms with Gasteiger partial charge in [-0.1, -0.05) is 43.7 Å². The third-order valence-electron chi connectivity index (χ3n) is 3.96. The molecular weight excluding hydrogens is 250 g/mol. The second-order valence-corrected chi connectivity index (χ2v) is 5.44. The summed E-state index contributed by atoms with van der Waals surface area (Å²) in [6, 6.07) is 10.2. The van der Waals surface area contributed by atoms with Crippen LogP contribution < -0.4 is 5.32 Å². The Kier molecular flexibility index (Phi) is 4.11.